The first kappa shape index (κ1) is 23.9. The van der Waals surface area contributed by atoms with E-state index in [0.29, 0.717) is 16.6 Å². The van der Waals surface area contributed by atoms with E-state index < -0.39 is 26.1 Å². The quantitative estimate of drug-likeness (QED) is 0.330. The normalized spacial score (nSPS) is 21.9. The number of β-lactam (4-membered cyclic amide) rings is 1. The van der Waals surface area contributed by atoms with Gasteiger partial charge in [0, 0.05) is 0 Å². The van der Waals surface area contributed by atoms with Gasteiger partial charge in [-0.05, 0) is 51.2 Å². The number of amides is 2. The molecule has 0 radical (unpaired) electrons. The molecule has 1 rings (SSSR count). The third kappa shape index (κ3) is 4.65. The molecule has 5 nitrogen and oxygen atoms in total. The van der Waals surface area contributed by atoms with Crippen molar-refractivity contribution in [3.8, 4) is 0 Å². The topological polar surface area (TPSA) is 55.8 Å². The van der Waals surface area contributed by atoms with Crippen LogP contribution in [-0.4, -0.2) is 43.0 Å². The minimum absolute atomic E-state index is 0.283. The molecule has 156 valence electrons. The molecule has 6 heteroatoms. The van der Waals surface area contributed by atoms with Crippen molar-refractivity contribution in [2.24, 2.45) is 0 Å². The zero-order valence-corrected chi connectivity index (χ0v) is 20.0. The Balaban J connectivity index is 3.24. The lowest BCUT2D eigenvalue weighted by molar-refractivity contribution is -0.159. The second-order valence-corrected chi connectivity index (χ2v) is 14.9. The van der Waals surface area contributed by atoms with Gasteiger partial charge in [0.15, 0.2) is 6.10 Å². The number of carbonyl (C=O) groups excluding carboxylic acids is 2. The lowest BCUT2D eigenvalue weighted by atomic mass is 9.92. The van der Waals surface area contributed by atoms with Crippen LogP contribution in [0, 0.1) is 0 Å². The van der Waals surface area contributed by atoms with Crippen LogP contribution in [-0.2, 0) is 14.0 Å². The first-order valence-corrected chi connectivity index (χ1v) is 12.2. The van der Waals surface area contributed by atoms with Crippen molar-refractivity contribution in [2.75, 3.05) is 0 Å². The fourth-order valence-electron chi connectivity index (χ4n) is 4.33. The monoisotopic (exact) mass is 397 g/mol. The van der Waals surface area contributed by atoms with Crippen molar-refractivity contribution in [1.29, 1.82) is 0 Å². The fourth-order valence-corrected chi connectivity index (χ4v) is 9.82. The van der Waals surface area contributed by atoms with Gasteiger partial charge in [0.1, 0.15) is 5.60 Å². The summed E-state index contributed by atoms with van der Waals surface area (Å²) in [4.78, 5) is 26.8. The number of hydrogen-bond acceptors (Lipinski definition) is 4. The van der Waals surface area contributed by atoms with Gasteiger partial charge in [0.25, 0.3) is 5.91 Å². The molecule has 0 spiro atoms. The highest BCUT2D eigenvalue weighted by atomic mass is 28.4. The number of likely N-dealkylation sites (tertiary alicyclic amines) is 1. The van der Waals surface area contributed by atoms with Crippen LogP contribution in [0.1, 0.15) is 76.2 Å². The van der Waals surface area contributed by atoms with E-state index in [-0.39, 0.29) is 11.9 Å². The highest BCUT2D eigenvalue weighted by Crippen LogP contribution is 2.45. The van der Waals surface area contributed by atoms with Crippen LogP contribution in [0.3, 0.4) is 0 Å². The molecule has 1 saturated heterocycles. The molecule has 0 aromatic rings. The molecular formula is C21H39NO4Si. The molecule has 0 unspecified atom stereocenters. The number of carbonyl (C=O) groups is 2. The summed E-state index contributed by atoms with van der Waals surface area (Å²) in [7, 11) is -2.24. The highest BCUT2D eigenvalue weighted by Gasteiger charge is 2.58. The number of allylic oxidation sites excluding steroid dienone is 1. The molecule has 1 aliphatic rings. The molecule has 0 aromatic heterocycles. The zero-order chi connectivity index (χ0) is 21.3. The number of rotatable bonds is 6. The van der Waals surface area contributed by atoms with Crippen molar-refractivity contribution < 1.29 is 18.8 Å². The first-order valence-electron chi connectivity index (χ1n) is 10.1. The summed E-state index contributed by atoms with van der Waals surface area (Å²) in [5.41, 5.74) is 1.40. The number of ether oxygens (including phenoxy) is 1. The SMILES string of the molecule is CC=C(C)[C@H]1[C@@H](O[Si](C(C)C)(C(C)C)C(C)C)C(=O)N1C(=O)OC(C)(C)C. The lowest BCUT2D eigenvalue weighted by Gasteiger charge is -2.52. The number of hydrogen-bond donors (Lipinski definition) is 0. The maximum atomic E-state index is 13.0. The van der Waals surface area contributed by atoms with Crippen molar-refractivity contribution in [3.05, 3.63) is 11.6 Å². The van der Waals surface area contributed by atoms with Crippen LogP contribution in [0.25, 0.3) is 0 Å². The minimum Gasteiger partial charge on any atom is -0.443 e. The highest BCUT2D eigenvalue weighted by molar-refractivity contribution is 6.77. The molecule has 0 saturated carbocycles. The van der Waals surface area contributed by atoms with E-state index in [0.717, 1.165) is 5.57 Å². The summed E-state index contributed by atoms with van der Waals surface area (Å²) in [5.74, 6) is -0.283. The average molecular weight is 398 g/mol. The number of nitrogens with zero attached hydrogens (tertiary/aromatic N) is 1. The average Bonchev–Trinajstić information content (AvgIpc) is 2.49. The van der Waals surface area contributed by atoms with Gasteiger partial charge in [0.2, 0.25) is 8.32 Å². The van der Waals surface area contributed by atoms with E-state index in [1.54, 1.807) is 20.8 Å². The molecule has 0 aromatic carbocycles. The Hall–Kier alpha value is -1.14. The van der Waals surface area contributed by atoms with Gasteiger partial charge in [-0.1, -0.05) is 53.2 Å². The molecular weight excluding hydrogens is 358 g/mol. The summed E-state index contributed by atoms with van der Waals surface area (Å²) in [6, 6.07) is -0.388. The van der Waals surface area contributed by atoms with Gasteiger partial charge in [0.05, 0.1) is 6.04 Å². The maximum absolute atomic E-state index is 13.0. The third-order valence-electron chi connectivity index (χ3n) is 5.60. The largest absolute Gasteiger partial charge is 0.443 e. The first-order chi connectivity index (χ1) is 12.2. The number of imide groups is 1. The molecule has 2 atom stereocenters. The smallest absolute Gasteiger partial charge is 0.417 e. The molecule has 1 fully saturated rings. The standard InChI is InChI=1S/C21H39NO4Si/c1-12-16(8)17-18(19(23)22(17)20(24)25-21(9,10)11)26-27(13(2)3,14(4)5)15(6)7/h12-15,17-18H,1-11H3/t17-,18+/m0/s1. The van der Waals surface area contributed by atoms with Gasteiger partial charge in [-0.2, -0.15) is 0 Å². The Morgan fingerprint density at radius 3 is 1.85 bits per heavy atom. The van der Waals surface area contributed by atoms with Gasteiger partial charge in [-0.3, -0.25) is 4.79 Å². The molecule has 1 heterocycles. The minimum atomic E-state index is -2.24. The van der Waals surface area contributed by atoms with Crippen LogP contribution in [0.4, 0.5) is 4.79 Å². The van der Waals surface area contributed by atoms with Gasteiger partial charge < -0.3 is 9.16 Å². The zero-order valence-electron chi connectivity index (χ0n) is 19.0. The van der Waals surface area contributed by atoms with Crippen LogP contribution in [0.5, 0.6) is 0 Å². The van der Waals surface area contributed by atoms with Crippen molar-refractivity contribution in [1.82, 2.24) is 4.90 Å². The summed E-state index contributed by atoms with van der Waals surface area (Å²) in [6.07, 6.45) is 0.742. The summed E-state index contributed by atoms with van der Waals surface area (Å²) in [6.45, 7) is 22.4. The van der Waals surface area contributed by atoms with Gasteiger partial charge in [-0.15, -0.1) is 0 Å². The van der Waals surface area contributed by atoms with Crippen LogP contribution >= 0.6 is 0 Å². The second kappa shape index (κ2) is 8.48. The lowest BCUT2D eigenvalue weighted by Crippen LogP contribution is -2.71. The van der Waals surface area contributed by atoms with Gasteiger partial charge >= 0.3 is 6.09 Å². The Bertz CT molecular complexity index is 568. The van der Waals surface area contributed by atoms with Crippen LogP contribution in [0.15, 0.2) is 11.6 Å². The molecule has 0 bridgehead atoms. The summed E-state index contributed by atoms with van der Waals surface area (Å²) < 4.78 is 12.2. The Kier molecular flexibility index (Phi) is 7.50. The Labute approximate surface area is 166 Å². The van der Waals surface area contributed by atoms with Crippen molar-refractivity contribution in [3.63, 3.8) is 0 Å². The van der Waals surface area contributed by atoms with E-state index in [4.69, 9.17) is 9.16 Å². The predicted octanol–water partition coefficient (Wildman–Crippen LogP) is 5.66. The Morgan fingerprint density at radius 2 is 1.52 bits per heavy atom. The van der Waals surface area contributed by atoms with Crippen molar-refractivity contribution in [2.45, 2.75) is 111 Å². The van der Waals surface area contributed by atoms with Crippen LogP contribution < -0.4 is 0 Å². The molecule has 27 heavy (non-hydrogen) atoms. The summed E-state index contributed by atoms with van der Waals surface area (Å²) in [5, 5.41) is 0. The van der Waals surface area contributed by atoms with E-state index in [1.807, 2.05) is 19.9 Å². The van der Waals surface area contributed by atoms with E-state index in [9.17, 15) is 9.59 Å². The molecule has 0 aliphatic carbocycles. The molecule has 2 amide bonds. The van der Waals surface area contributed by atoms with E-state index in [2.05, 4.69) is 41.5 Å². The fraction of sp³-hybridized carbons (Fsp3) is 0.810. The van der Waals surface area contributed by atoms with Gasteiger partial charge in [-0.25, -0.2) is 9.69 Å². The second-order valence-electron chi connectivity index (χ2n) is 9.52. The van der Waals surface area contributed by atoms with Crippen molar-refractivity contribution >= 4 is 20.3 Å². The van der Waals surface area contributed by atoms with E-state index in [1.165, 1.54) is 4.90 Å². The van der Waals surface area contributed by atoms with Crippen LogP contribution in [0.2, 0.25) is 16.6 Å². The predicted molar refractivity (Wildman–Crippen MR) is 112 cm³/mol. The van der Waals surface area contributed by atoms with E-state index >= 15 is 0 Å². The molecule has 1 aliphatic heterocycles. The maximum Gasteiger partial charge on any atom is 0.417 e. The molecule has 0 N–H and O–H groups in total. The summed E-state index contributed by atoms with van der Waals surface area (Å²) >= 11 is 0. The Morgan fingerprint density at radius 1 is 1.07 bits per heavy atom. The third-order valence-corrected chi connectivity index (χ3v) is 11.7.